The van der Waals surface area contributed by atoms with Gasteiger partial charge in [0.05, 0.1) is 11.4 Å². The number of aromatic amines is 2. The molecule has 152 valence electrons. The highest BCUT2D eigenvalue weighted by atomic mass is 19.1. The van der Waals surface area contributed by atoms with Crippen molar-refractivity contribution < 1.29 is 4.39 Å². The minimum atomic E-state index is -0.401. The number of aryl methyl sites for hydroxylation is 1. The Kier molecular flexibility index (Phi) is 5.18. The van der Waals surface area contributed by atoms with E-state index in [-0.39, 0.29) is 11.6 Å². The Bertz CT molecular complexity index is 1250. The van der Waals surface area contributed by atoms with E-state index >= 15 is 0 Å². The molecule has 4 aromatic rings. The van der Waals surface area contributed by atoms with Gasteiger partial charge in [0.1, 0.15) is 11.2 Å². The molecular weight excluding hydrogens is 379 g/mol. The van der Waals surface area contributed by atoms with Gasteiger partial charge >= 0.3 is 0 Å². The molecule has 0 amide bonds. The number of imidazole rings is 1. The second kappa shape index (κ2) is 7.94. The van der Waals surface area contributed by atoms with Crippen molar-refractivity contribution in [2.24, 2.45) is 0 Å². The summed E-state index contributed by atoms with van der Waals surface area (Å²) in [6, 6.07) is 5.62. The number of aromatic nitrogens is 5. The molecule has 0 atom stereocenters. The van der Waals surface area contributed by atoms with Crippen LogP contribution in [0.3, 0.4) is 0 Å². The van der Waals surface area contributed by atoms with E-state index in [9.17, 15) is 4.39 Å². The summed E-state index contributed by atoms with van der Waals surface area (Å²) in [5.74, 6) is 0.200. The van der Waals surface area contributed by atoms with Crippen LogP contribution in [0.25, 0.3) is 39.6 Å². The van der Waals surface area contributed by atoms with E-state index in [1.807, 2.05) is 31.2 Å². The van der Waals surface area contributed by atoms with Gasteiger partial charge in [-0.25, -0.2) is 9.37 Å². The molecule has 6 nitrogen and oxygen atoms in total. The number of nitrogens with one attached hydrogen (secondary N) is 3. The van der Waals surface area contributed by atoms with Crippen LogP contribution in [0.2, 0.25) is 0 Å². The predicted octanol–water partition coefficient (Wildman–Crippen LogP) is 5.48. The summed E-state index contributed by atoms with van der Waals surface area (Å²) in [7, 11) is 0. The number of benzene rings is 1. The lowest BCUT2D eigenvalue weighted by atomic mass is 10.0. The quantitative estimate of drug-likeness (QED) is 0.373. The fraction of sp³-hybridized carbons (Fsp3) is 0.174. The monoisotopic (exact) mass is 402 g/mol. The molecule has 0 saturated carbocycles. The molecule has 3 N–H and O–H groups in total. The molecule has 0 aliphatic rings. The van der Waals surface area contributed by atoms with Gasteiger partial charge in [0.2, 0.25) is 0 Å². The molecule has 4 rings (SSSR count). The molecule has 0 unspecified atom stereocenters. The van der Waals surface area contributed by atoms with Gasteiger partial charge < -0.3 is 10.3 Å². The Balaban J connectivity index is 1.81. The van der Waals surface area contributed by atoms with Crippen LogP contribution in [-0.2, 0) is 0 Å². The number of anilines is 1. The van der Waals surface area contributed by atoms with E-state index < -0.39 is 5.82 Å². The van der Waals surface area contributed by atoms with E-state index in [0.29, 0.717) is 16.9 Å². The van der Waals surface area contributed by atoms with Crippen molar-refractivity contribution in [2.45, 2.75) is 26.8 Å². The SMILES string of the molecule is C=C/C=C\c1nc(-c2[nH]nc3c(F)cc(-c4cncc(NC(C)C)c4)cc23)[nH]c1C. The average molecular weight is 402 g/mol. The third-order valence-corrected chi connectivity index (χ3v) is 4.69. The fourth-order valence-electron chi connectivity index (χ4n) is 3.35. The van der Waals surface area contributed by atoms with Gasteiger partial charge in [-0.2, -0.15) is 5.10 Å². The van der Waals surface area contributed by atoms with Crippen molar-refractivity contribution in [3.63, 3.8) is 0 Å². The predicted molar refractivity (Wildman–Crippen MR) is 120 cm³/mol. The van der Waals surface area contributed by atoms with Crippen LogP contribution in [-0.4, -0.2) is 31.2 Å². The summed E-state index contributed by atoms with van der Waals surface area (Å²) in [6.07, 6.45) is 8.86. The van der Waals surface area contributed by atoms with Gasteiger partial charge in [-0.1, -0.05) is 18.7 Å². The molecule has 1 aromatic carbocycles. The third-order valence-electron chi connectivity index (χ3n) is 4.69. The lowest BCUT2D eigenvalue weighted by molar-refractivity contribution is 0.636. The van der Waals surface area contributed by atoms with E-state index in [1.54, 1.807) is 18.5 Å². The summed E-state index contributed by atoms with van der Waals surface area (Å²) in [5, 5.41) is 11.1. The number of hydrogen-bond donors (Lipinski definition) is 3. The third kappa shape index (κ3) is 3.74. The van der Waals surface area contributed by atoms with Crippen molar-refractivity contribution in [1.29, 1.82) is 0 Å². The molecule has 0 saturated heterocycles. The second-order valence-corrected chi connectivity index (χ2v) is 7.40. The Morgan fingerprint density at radius 2 is 2.00 bits per heavy atom. The normalized spacial score (nSPS) is 11.6. The molecule has 0 spiro atoms. The van der Waals surface area contributed by atoms with Gasteiger partial charge in [0.15, 0.2) is 11.6 Å². The van der Waals surface area contributed by atoms with Crippen LogP contribution in [0.15, 0.2) is 49.3 Å². The molecule has 3 heterocycles. The minimum Gasteiger partial charge on any atom is -0.382 e. The molecule has 0 radical (unpaired) electrons. The van der Waals surface area contributed by atoms with Crippen molar-refractivity contribution in [3.8, 4) is 22.6 Å². The van der Waals surface area contributed by atoms with E-state index in [2.05, 4.69) is 50.9 Å². The largest absolute Gasteiger partial charge is 0.382 e. The van der Waals surface area contributed by atoms with Crippen molar-refractivity contribution in [3.05, 3.63) is 66.5 Å². The molecule has 3 aromatic heterocycles. The first-order chi connectivity index (χ1) is 14.5. The summed E-state index contributed by atoms with van der Waals surface area (Å²) in [5.41, 5.74) is 5.03. The summed E-state index contributed by atoms with van der Waals surface area (Å²) in [4.78, 5) is 12.2. The number of rotatable bonds is 6. The molecule has 0 aliphatic carbocycles. The van der Waals surface area contributed by atoms with Crippen LogP contribution in [0.4, 0.5) is 10.1 Å². The van der Waals surface area contributed by atoms with Crippen LogP contribution >= 0.6 is 0 Å². The zero-order valence-electron chi connectivity index (χ0n) is 17.1. The Morgan fingerprint density at radius 1 is 1.17 bits per heavy atom. The van der Waals surface area contributed by atoms with Gasteiger partial charge in [-0.3, -0.25) is 10.1 Å². The van der Waals surface area contributed by atoms with E-state index in [4.69, 9.17) is 0 Å². The van der Waals surface area contributed by atoms with Crippen LogP contribution in [0.5, 0.6) is 0 Å². The first kappa shape index (κ1) is 19.6. The van der Waals surface area contributed by atoms with Gasteiger partial charge in [0.25, 0.3) is 0 Å². The molecule has 0 bridgehead atoms. The summed E-state index contributed by atoms with van der Waals surface area (Å²) < 4.78 is 14.9. The number of pyridine rings is 1. The number of allylic oxidation sites excluding steroid dienone is 2. The summed E-state index contributed by atoms with van der Waals surface area (Å²) in [6.45, 7) is 9.73. The fourth-order valence-corrected chi connectivity index (χ4v) is 3.35. The number of halogens is 1. The minimum absolute atomic E-state index is 0.272. The van der Waals surface area contributed by atoms with E-state index in [1.165, 1.54) is 6.07 Å². The Morgan fingerprint density at radius 3 is 2.77 bits per heavy atom. The molecular formula is C23H23FN6. The van der Waals surface area contributed by atoms with Crippen molar-refractivity contribution in [2.75, 3.05) is 5.32 Å². The van der Waals surface area contributed by atoms with Crippen molar-refractivity contribution in [1.82, 2.24) is 25.1 Å². The number of nitrogens with zero attached hydrogens (tertiary/aromatic N) is 3. The Hall–Kier alpha value is -3.74. The first-order valence-electron chi connectivity index (χ1n) is 9.72. The lowest BCUT2D eigenvalue weighted by Gasteiger charge is -2.11. The molecule has 0 aliphatic heterocycles. The number of fused-ring (bicyclic) bond motifs is 1. The second-order valence-electron chi connectivity index (χ2n) is 7.40. The van der Waals surface area contributed by atoms with Gasteiger partial charge in [-0.15, -0.1) is 0 Å². The van der Waals surface area contributed by atoms with Crippen LogP contribution in [0, 0.1) is 12.7 Å². The van der Waals surface area contributed by atoms with Gasteiger partial charge in [-0.05, 0) is 50.6 Å². The maximum absolute atomic E-state index is 14.9. The van der Waals surface area contributed by atoms with Crippen molar-refractivity contribution >= 4 is 22.7 Å². The molecule has 7 heteroatoms. The topological polar surface area (TPSA) is 82.3 Å². The zero-order chi connectivity index (χ0) is 21.3. The number of hydrogen-bond acceptors (Lipinski definition) is 4. The lowest BCUT2D eigenvalue weighted by Crippen LogP contribution is -2.09. The zero-order valence-corrected chi connectivity index (χ0v) is 17.1. The Labute approximate surface area is 174 Å². The van der Waals surface area contributed by atoms with Crippen LogP contribution < -0.4 is 5.32 Å². The molecule has 0 fully saturated rings. The maximum atomic E-state index is 14.9. The summed E-state index contributed by atoms with van der Waals surface area (Å²) >= 11 is 0. The van der Waals surface area contributed by atoms with Gasteiger partial charge in [0, 0.05) is 35.1 Å². The molecule has 30 heavy (non-hydrogen) atoms. The average Bonchev–Trinajstić information content (AvgIpc) is 3.29. The highest BCUT2D eigenvalue weighted by Gasteiger charge is 2.17. The highest BCUT2D eigenvalue weighted by molar-refractivity contribution is 5.95. The number of H-pyrrole nitrogens is 2. The highest BCUT2D eigenvalue weighted by Crippen LogP contribution is 2.32. The van der Waals surface area contributed by atoms with E-state index in [0.717, 1.165) is 28.2 Å². The smallest absolute Gasteiger partial charge is 0.156 e. The standard InChI is InChI=1S/C23H23FN6/c1-5-6-7-20-14(4)27-23(28-20)22-18-9-15(10-19(24)21(18)29-30-22)16-8-17(12-25-11-16)26-13(2)3/h5-13,26H,1H2,2-4H3,(H,27,28)(H,29,30)/b7-6-. The van der Waals surface area contributed by atoms with Crippen LogP contribution in [0.1, 0.15) is 25.2 Å². The first-order valence-corrected chi connectivity index (χ1v) is 9.72. The maximum Gasteiger partial charge on any atom is 0.156 e.